The summed E-state index contributed by atoms with van der Waals surface area (Å²) >= 11 is 0.775. The van der Waals surface area contributed by atoms with Gasteiger partial charge in [0.1, 0.15) is 10.9 Å². The van der Waals surface area contributed by atoms with Crippen molar-refractivity contribution in [3.8, 4) is 11.5 Å². The second kappa shape index (κ2) is 12.4. The molecule has 1 aliphatic carbocycles. The normalized spacial score (nSPS) is 14.3. The Hall–Kier alpha value is -4.12. The average Bonchev–Trinajstić information content (AvgIpc) is 3.33. The third-order valence-electron chi connectivity index (χ3n) is 7.17. The standard InChI is InChI=1S/C29H35N5O5S/c1-16-10-12-20(17(2)14-16)34(29(37)26-23(30)24(27(31)35)33-40-26)25(28(36)32-19-8-6-5-7-9-19)18-11-13-21(38-3)22(15-18)39-4/h10-15,19,25H,5-9,30H2,1-4H3,(H2,31,35)(H,32,36)/t25-/m0/s1. The molecule has 0 aliphatic heterocycles. The first-order valence-corrected chi connectivity index (χ1v) is 13.9. The van der Waals surface area contributed by atoms with Gasteiger partial charge >= 0.3 is 0 Å². The predicted molar refractivity (Wildman–Crippen MR) is 155 cm³/mol. The molecule has 2 aromatic carbocycles. The van der Waals surface area contributed by atoms with E-state index >= 15 is 0 Å². The van der Waals surface area contributed by atoms with Crippen molar-refractivity contribution >= 4 is 40.6 Å². The van der Waals surface area contributed by atoms with E-state index in [1.165, 1.54) is 19.1 Å². The molecule has 3 aromatic rings. The molecule has 40 heavy (non-hydrogen) atoms. The molecule has 212 valence electrons. The molecule has 0 unspecified atom stereocenters. The topological polar surface area (TPSA) is 150 Å². The van der Waals surface area contributed by atoms with Gasteiger partial charge in [0.2, 0.25) is 5.91 Å². The molecule has 10 nitrogen and oxygen atoms in total. The van der Waals surface area contributed by atoms with Crippen LogP contribution < -0.4 is 31.2 Å². The molecule has 1 aliphatic rings. The summed E-state index contributed by atoms with van der Waals surface area (Å²) in [5, 5.41) is 3.19. The van der Waals surface area contributed by atoms with E-state index < -0.39 is 17.9 Å². The number of nitrogens with two attached hydrogens (primary N) is 2. The number of nitrogens with one attached hydrogen (secondary N) is 1. The molecule has 1 aromatic heterocycles. The van der Waals surface area contributed by atoms with Crippen molar-refractivity contribution in [1.29, 1.82) is 0 Å². The van der Waals surface area contributed by atoms with Crippen LogP contribution in [-0.4, -0.2) is 42.4 Å². The summed E-state index contributed by atoms with van der Waals surface area (Å²) < 4.78 is 15.0. The van der Waals surface area contributed by atoms with E-state index in [0.717, 1.165) is 54.8 Å². The fourth-order valence-electron chi connectivity index (χ4n) is 5.15. The van der Waals surface area contributed by atoms with Gasteiger partial charge in [0.25, 0.3) is 11.8 Å². The summed E-state index contributed by atoms with van der Waals surface area (Å²) in [4.78, 5) is 41.9. The number of anilines is 2. The van der Waals surface area contributed by atoms with Crippen LogP contribution in [0.4, 0.5) is 11.4 Å². The van der Waals surface area contributed by atoms with Gasteiger partial charge in [-0.3, -0.25) is 19.3 Å². The number of nitrogens with zero attached hydrogens (tertiary/aromatic N) is 2. The zero-order chi connectivity index (χ0) is 29.0. The van der Waals surface area contributed by atoms with Gasteiger partial charge < -0.3 is 26.3 Å². The Kier molecular flexibility index (Phi) is 8.93. The van der Waals surface area contributed by atoms with Crippen molar-refractivity contribution in [3.05, 3.63) is 63.7 Å². The summed E-state index contributed by atoms with van der Waals surface area (Å²) in [5.74, 6) is -0.854. The highest BCUT2D eigenvalue weighted by atomic mass is 32.1. The second-order valence-electron chi connectivity index (χ2n) is 9.96. The summed E-state index contributed by atoms with van der Waals surface area (Å²) in [6, 6.07) is 9.63. The lowest BCUT2D eigenvalue weighted by molar-refractivity contribution is -0.123. The molecule has 1 heterocycles. The number of nitrogen functional groups attached to an aromatic ring is 1. The summed E-state index contributed by atoms with van der Waals surface area (Å²) in [7, 11) is 3.04. The molecule has 4 rings (SSSR count). The van der Waals surface area contributed by atoms with Crippen LogP contribution in [0.1, 0.15) is 75.0 Å². The van der Waals surface area contributed by atoms with E-state index in [1.807, 2.05) is 26.0 Å². The molecule has 1 atom stereocenters. The van der Waals surface area contributed by atoms with Crippen molar-refractivity contribution in [3.63, 3.8) is 0 Å². The van der Waals surface area contributed by atoms with Gasteiger partial charge in [-0.15, -0.1) is 0 Å². The van der Waals surface area contributed by atoms with Crippen LogP contribution in [0.3, 0.4) is 0 Å². The molecule has 1 saturated carbocycles. The molecule has 3 amide bonds. The highest BCUT2D eigenvalue weighted by Gasteiger charge is 2.38. The minimum absolute atomic E-state index is 0.00472. The quantitative estimate of drug-likeness (QED) is 0.350. The zero-order valence-electron chi connectivity index (χ0n) is 23.2. The molecule has 11 heteroatoms. The zero-order valence-corrected chi connectivity index (χ0v) is 24.0. The lowest BCUT2D eigenvalue weighted by Gasteiger charge is -2.34. The van der Waals surface area contributed by atoms with Crippen LogP contribution in [0.2, 0.25) is 0 Å². The minimum atomic E-state index is -1.10. The van der Waals surface area contributed by atoms with Gasteiger partial charge in [0.15, 0.2) is 17.2 Å². The molecule has 0 saturated heterocycles. The fraction of sp³-hybridized carbons (Fsp3) is 0.379. The summed E-state index contributed by atoms with van der Waals surface area (Å²) in [5.41, 5.74) is 14.1. The Labute approximate surface area is 237 Å². The average molecular weight is 566 g/mol. The highest BCUT2D eigenvalue weighted by molar-refractivity contribution is 7.09. The van der Waals surface area contributed by atoms with Crippen molar-refractivity contribution in [2.45, 2.75) is 58.0 Å². The molecule has 0 spiro atoms. The van der Waals surface area contributed by atoms with E-state index in [2.05, 4.69) is 9.69 Å². The number of amides is 3. The van der Waals surface area contributed by atoms with Gasteiger partial charge in [-0.05, 0) is 67.5 Å². The van der Waals surface area contributed by atoms with Crippen LogP contribution in [0, 0.1) is 13.8 Å². The van der Waals surface area contributed by atoms with E-state index in [4.69, 9.17) is 20.9 Å². The highest BCUT2D eigenvalue weighted by Crippen LogP contribution is 2.38. The number of benzene rings is 2. The minimum Gasteiger partial charge on any atom is -0.493 e. The Morgan fingerprint density at radius 3 is 2.33 bits per heavy atom. The lowest BCUT2D eigenvalue weighted by Crippen LogP contribution is -2.47. The number of aryl methyl sites for hydroxylation is 2. The Bertz CT molecular complexity index is 1420. The van der Waals surface area contributed by atoms with Gasteiger partial charge in [-0.25, -0.2) is 0 Å². The summed E-state index contributed by atoms with van der Waals surface area (Å²) in [6.45, 7) is 3.82. The first kappa shape index (κ1) is 28.9. The number of primary amides is 1. The number of carbonyl (C=O) groups is 3. The Morgan fingerprint density at radius 2 is 1.73 bits per heavy atom. The lowest BCUT2D eigenvalue weighted by atomic mass is 9.94. The number of hydrogen-bond donors (Lipinski definition) is 3. The number of carbonyl (C=O) groups excluding carboxylic acids is 3. The molecule has 0 bridgehead atoms. The number of hydrogen-bond acceptors (Lipinski definition) is 8. The maximum Gasteiger partial charge on any atom is 0.273 e. The molecular formula is C29H35N5O5S. The van der Waals surface area contributed by atoms with E-state index in [1.54, 1.807) is 24.3 Å². The van der Waals surface area contributed by atoms with Crippen molar-refractivity contribution < 1.29 is 23.9 Å². The number of methoxy groups -OCH3 is 2. The van der Waals surface area contributed by atoms with E-state index in [-0.39, 0.29) is 28.2 Å². The summed E-state index contributed by atoms with van der Waals surface area (Å²) in [6.07, 6.45) is 4.92. The SMILES string of the molecule is COc1ccc([C@@H](C(=O)NC2CCCCC2)N(C(=O)c2snc(C(N)=O)c2N)c2ccc(C)cc2C)cc1OC. The van der Waals surface area contributed by atoms with Crippen LogP contribution in [0.5, 0.6) is 11.5 Å². The maximum absolute atomic E-state index is 14.4. The predicted octanol–water partition coefficient (Wildman–Crippen LogP) is 4.30. The van der Waals surface area contributed by atoms with Gasteiger partial charge in [0, 0.05) is 11.7 Å². The smallest absolute Gasteiger partial charge is 0.273 e. The monoisotopic (exact) mass is 565 g/mol. The molecule has 5 N–H and O–H groups in total. The Balaban J connectivity index is 1.92. The largest absolute Gasteiger partial charge is 0.493 e. The second-order valence-corrected chi connectivity index (χ2v) is 10.7. The van der Waals surface area contributed by atoms with Crippen LogP contribution >= 0.6 is 11.5 Å². The number of rotatable bonds is 9. The maximum atomic E-state index is 14.4. The van der Waals surface area contributed by atoms with Crippen LogP contribution in [0.15, 0.2) is 36.4 Å². The van der Waals surface area contributed by atoms with Gasteiger partial charge in [-0.1, -0.05) is 43.0 Å². The van der Waals surface area contributed by atoms with Crippen molar-refractivity contribution in [2.75, 3.05) is 24.9 Å². The number of aromatic nitrogens is 1. The van der Waals surface area contributed by atoms with Crippen molar-refractivity contribution in [1.82, 2.24) is 9.69 Å². The molecule has 1 fully saturated rings. The van der Waals surface area contributed by atoms with E-state index in [0.29, 0.717) is 22.7 Å². The fourth-order valence-corrected chi connectivity index (χ4v) is 5.89. The third kappa shape index (κ3) is 5.89. The van der Waals surface area contributed by atoms with Crippen LogP contribution in [-0.2, 0) is 4.79 Å². The van der Waals surface area contributed by atoms with Gasteiger partial charge in [-0.2, -0.15) is 4.37 Å². The van der Waals surface area contributed by atoms with Gasteiger partial charge in [0.05, 0.1) is 19.9 Å². The first-order valence-electron chi connectivity index (χ1n) is 13.1. The Morgan fingerprint density at radius 1 is 1.02 bits per heavy atom. The number of ether oxygens (including phenoxy) is 2. The first-order chi connectivity index (χ1) is 19.2. The molecular weight excluding hydrogens is 530 g/mol. The molecule has 0 radical (unpaired) electrons. The third-order valence-corrected chi connectivity index (χ3v) is 8.02. The van der Waals surface area contributed by atoms with Crippen LogP contribution in [0.25, 0.3) is 0 Å². The van der Waals surface area contributed by atoms with E-state index in [9.17, 15) is 14.4 Å². The van der Waals surface area contributed by atoms with Crippen molar-refractivity contribution in [2.24, 2.45) is 5.73 Å².